The van der Waals surface area contributed by atoms with Crippen LogP contribution < -0.4 is 10.1 Å². The van der Waals surface area contributed by atoms with E-state index in [4.69, 9.17) is 9.15 Å². The van der Waals surface area contributed by atoms with E-state index in [0.717, 1.165) is 5.75 Å². The van der Waals surface area contributed by atoms with E-state index in [0.29, 0.717) is 34.7 Å². The molecule has 1 amide bonds. The van der Waals surface area contributed by atoms with Gasteiger partial charge < -0.3 is 14.5 Å². The predicted molar refractivity (Wildman–Crippen MR) is 116 cm³/mol. The molecular weight excluding hydrogens is 400 g/mol. The summed E-state index contributed by atoms with van der Waals surface area (Å²) in [6.45, 7) is 2.67. The van der Waals surface area contributed by atoms with Gasteiger partial charge in [-0.1, -0.05) is 36.0 Å². The molecule has 4 aromatic rings. The molecule has 0 aliphatic heterocycles. The molecule has 0 saturated heterocycles. The number of furan rings is 1. The van der Waals surface area contributed by atoms with Crippen molar-refractivity contribution in [3.63, 3.8) is 0 Å². The van der Waals surface area contributed by atoms with Crippen LogP contribution in [0.2, 0.25) is 0 Å². The number of carbonyl (C=O) groups is 1. The molecule has 0 unspecified atom stereocenters. The Morgan fingerprint density at radius 1 is 1.07 bits per heavy atom. The lowest BCUT2D eigenvalue weighted by Crippen LogP contribution is -2.14. The zero-order chi connectivity index (χ0) is 20.8. The number of amides is 1. The molecule has 2 aromatic carbocycles. The third-order valence-corrected chi connectivity index (χ3v) is 5.17. The highest BCUT2D eigenvalue weighted by molar-refractivity contribution is 7.99. The van der Waals surface area contributed by atoms with Gasteiger partial charge >= 0.3 is 0 Å². The molecule has 4 rings (SSSR count). The van der Waals surface area contributed by atoms with E-state index in [1.165, 1.54) is 11.8 Å². The number of hydrogen-bond acceptors (Lipinski definition) is 6. The fraction of sp³-hybridized carbons (Fsp3) is 0.136. The zero-order valence-electron chi connectivity index (χ0n) is 16.3. The maximum absolute atomic E-state index is 12.4. The lowest BCUT2D eigenvalue weighted by atomic mass is 10.3. The van der Waals surface area contributed by atoms with Crippen LogP contribution in [0.15, 0.2) is 82.6 Å². The van der Waals surface area contributed by atoms with Gasteiger partial charge in [-0.05, 0) is 43.3 Å². The molecule has 0 radical (unpaired) electrons. The van der Waals surface area contributed by atoms with Crippen LogP contribution in [0, 0.1) is 0 Å². The van der Waals surface area contributed by atoms with Gasteiger partial charge in [0.05, 0.1) is 12.0 Å². The maximum atomic E-state index is 12.4. The highest BCUT2D eigenvalue weighted by Gasteiger charge is 2.16. The SMILES string of the molecule is CCn1c(SCC(=O)Nc2cccc(Oc3ccccc3)c2)nnc1-c1ccco1. The summed E-state index contributed by atoms with van der Waals surface area (Å²) in [5, 5.41) is 12.0. The summed E-state index contributed by atoms with van der Waals surface area (Å²) in [5.74, 6) is 2.76. The molecular formula is C22H20N4O3S. The minimum absolute atomic E-state index is 0.137. The standard InChI is InChI=1S/C22H20N4O3S/c1-2-26-21(19-12-7-13-28-19)24-25-22(26)30-15-20(27)23-16-8-6-11-18(14-16)29-17-9-4-3-5-10-17/h3-14H,2,15H2,1H3,(H,23,27). The summed E-state index contributed by atoms with van der Waals surface area (Å²) in [6.07, 6.45) is 1.60. The molecule has 0 aliphatic rings. The van der Waals surface area contributed by atoms with Gasteiger partial charge in [0.1, 0.15) is 11.5 Å². The average molecular weight is 420 g/mol. The van der Waals surface area contributed by atoms with Crippen LogP contribution in [-0.2, 0) is 11.3 Å². The monoisotopic (exact) mass is 420 g/mol. The fourth-order valence-electron chi connectivity index (χ4n) is 2.86. The summed E-state index contributed by atoms with van der Waals surface area (Å²) < 4.78 is 13.1. The Labute approximate surface area is 178 Å². The van der Waals surface area contributed by atoms with Crippen LogP contribution in [-0.4, -0.2) is 26.4 Å². The van der Waals surface area contributed by atoms with E-state index in [-0.39, 0.29) is 11.7 Å². The zero-order valence-corrected chi connectivity index (χ0v) is 17.1. The van der Waals surface area contributed by atoms with Gasteiger partial charge in [-0.25, -0.2) is 0 Å². The molecule has 0 fully saturated rings. The van der Waals surface area contributed by atoms with Crippen LogP contribution in [0.5, 0.6) is 11.5 Å². The van der Waals surface area contributed by atoms with Crippen molar-refractivity contribution in [2.24, 2.45) is 0 Å². The summed E-state index contributed by atoms with van der Waals surface area (Å²) in [6, 6.07) is 20.4. The first-order valence-electron chi connectivity index (χ1n) is 9.45. The third-order valence-electron chi connectivity index (χ3n) is 4.20. The Morgan fingerprint density at radius 2 is 1.90 bits per heavy atom. The molecule has 7 nitrogen and oxygen atoms in total. The van der Waals surface area contributed by atoms with Gasteiger partial charge in [-0.15, -0.1) is 10.2 Å². The van der Waals surface area contributed by atoms with E-state index in [1.807, 2.05) is 66.1 Å². The van der Waals surface area contributed by atoms with Crippen molar-refractivity contribution in [3.8, 4) is 23.1 Å². The molecule has 1 N–H and O–H groups in total. The number of anilines is 1. The number of rotatable bonds is 8. The largest absolute Gasteiger partial charge is 0.461 e. The van der Waals surface area contributed by atoms with E-state index >= 15 is 0 Å². The molecule has 0 bridgehead atoms. The Morgan fingerprint density at radius 3 is 2.67 bits per heavy atom. The number of nitrogens with zero attached hydrogens (tertiary/aromatic N) is 3. The number of thioether (sulfide) groups is 1. The Hall–Kier alpha value is -3.52. The van der Waals surface area contributed by atoms with E-state index < -0.39 is 0 Å². The number of aromatic nitrogens is 3. The molecule has 2 aromatic heterocycles. The van der Waals surface area contributed by atoms with Gasteiger partial charge in [0.15, 0.2) is 16.7 Å². The second-order valence-electron chi connectivity index (χ2n) is 6.31. The molecule has 8 heteroatoms. The van der Waals surface area contributed by atoms with E-state index in [9.17, 15) is 4.79 Å². The van der Waals surface area contributed by atoms with Gasteiger partial charge in [-0.2, -0.15) is 0 Å². The summed E-state index contributed by atoms with van der Waals surface area (Å²) >= 11 is 1.33. The second kappa shape index (κ2) is 9.32. The van der Waals surface area contributed by atoms with Crippen LogP contribution in [0.1, 0.15) is 6.92 Å². The van der Waals surface area contributed by atoms with Crippen LogP contribution >= 0.6 is 11.8 Å². The number of carbonyl (C=O) groups excluding carboxylic acids is 1. The number of para-hydroxylation sites is 1. The van der Waals surface area contributed by atoms with Crippen LogP contribution in [0.3, 0.4) is 0 Å². The first kappa shape index (κ1) is 19.8. The number of ether oxygens (including phenoxy) is 1. The number of nitrogens with one attached hydrogen (secondary N) is 1. The van der Waals surface area contributed by atoms with Crippen molar-refractivity contribution in [3.05, 3.63) is 73.0 Å². The molecule has 30 heavy (non-hydrogen) atoms. The molecule has 0 spiro atoms. The topological polar surface area (TPSA) is 82.2 Å². The molecule has 0 saturated carbocycles. The highest BCUT2D eigenvalue weighted by atomic mass is 32.2. The van der Waals surface area contributed by atoms with Crippen molar-refractivity contribution in [2.75, 3.05) is 11.1 Å². The van der Waals surface area contributed by atoms with Crippen molar-refractivity contribution in [1.29, 1.82) is 0 Å². The van der Waals surface area contributed by atoms with Gasteiger partial charge in [-0.3, -0.25) is 9.36 Å². The van der Waals surface area contributed by atoms with Crippen molar-refractivity contribution in [1.82, 2.24) is 14.8 Å². The van der Waals surface area contributed by atoms with Gasteiger partial charge in [0.25, 0.3) is 0 Å². The first-order chi connectivity index (χ1) is 14.7. The van der Waals surface area contributed by atoms with Crippen LogP contribution in [0.25, 0.3) is 11.6 Å². The fourth-order valence-corrected chi connectivity index (χ4v) is 3.66. The van der Waals surface area contributed by atoms with Crippen molar-refractivity contribution >= 4 is 23.4 Å². The molecule has 0 aliphatic carbocycles. The summed E-state index contributed by atoms with van der Waals surface area (Å²) in [7, 11) is 0. The minimum atomic E-state index is -0.137. The summed E-state index contributed by atoms with van der Waals surface area (Å²) in [5.41, 5.74) is 0.669. The number of hydrogen-bond donors (Lipinski definition) is 1. The van der Waals surface area contributed by atoms with E-state index in [2.05, 4.69) is 15.5 Å². The average Bonchev–Trinajstić information content (AvgIpc) is 3.42. The second-order valence-corrected chi connectivity index (χ2v) is 7.25. The third kappa shape index (κ3) is 4.72. The number of benzene rings is 2. The summed E-state index contributed by atoms with van der Waals surface area (Å²) in [4.78, 5) is 12.4. The normalized spacial score (nSPS) is 10.7. The van der Waals surface area contributed by atoms with Crippen molar-refractivity contribution < 1.29 is 13.9 Å². The Balaban J connectivity index is 1.37. The predicted octanol–water partition coefficient (Wildman–Crippen LogP) is 5.08. The van der Waals surface area contributed by atoms with Gasteiger partial charge in [0, 0.05) is 18.3 Å². The lowest BCUT2D eigenvalue weighted by molar-refractivity contribution is -0.113. The lowest BCUT2D eigenvalue weighted by Gasteiger charge is -2.09. The highest BCUT2D eigenvalue weighted by Crippen LogP contribution is 2.26. The molecule has 152 valence electrons. The quantitative estimate of drug-likeness (QED) is 0.400. The Kier molecular flexibility index (Phi) is 6.14. The van der Waals surface area contributed by atoms with Crippen molar-refractivity contribution in [2.45, 2.75) is 18.6 Å². The molecule has 2 heterocycles. The van der Waals surface area contributed by atoms with Crippen LogP contribution in [0.4, 0.5) is 5.69 Å². The maximum Gasteiger partial charge on any atom is 0.234 e. The Bertz CT molecular complexity index is 1110. The van der Waals surface area contributed by atoms with Gasteiger partial charge in [0.2, 0.25) is 5.91 Å². The smallest absolute Gasteiger partial charge is 0.234 e. The first-order valence-corrected chi connectivity index (χ1v) is 10.4. The van der Waals surface area contributed by atoms with E-state index in [1.54, 1.807) is 18.4 Å². The molecule has 0 atom stereocenters. The minimum Gasteiger partial charge on any atom is -0.461 e.